The highest BCUT2D eigenvalue weighted by atomic mass is 16.2. The van der Waals surface area contributed by atoms with E-state index in [4.69, 9.17) is 5.26 Å². The normalized spacial score (nSPS) is 21.3. The molecule has 1 aliphatic rings. The van der Waals surface area contributed by atoms with Gasteiger partial charge in [-0.15, -0.1) is 0 Å². The Kier molecular flexibility index (Phi) is 3.07. The minimum Gasteiger partial charge on any atom is -0.326 e. The lowest BCUT2D eigenvalue weighted by Crippen LogP contribution is -2.32. The zero-order valence-electron chi connectivity index (χ0n) is 8.28. The maximum atomic E-state index is 11.5. The molecule has 1 heterocycles. The van der Waals surface area contributed by atoms with Crippen LogP contribution in [0.3, 0.4) is 0 Å². The predicted octanol–water partition coefficient (Wildman–Crippen LogP) is 0.476. The summed E-state index contributed by atoms with van der Waals surface area (Å²) in [5.41, 5.74) is 0. The van der Waals surface area contributed by atoms with Crippen molar-refractivity contribution in [3.63, 3.8) is 0 Å². The first-order valence-electron chi connectivity index (χ1n) is 4.55. The monoisotopic (exact) mass is 195 g/mol. The molecule has 0 aromatic rings. The largest absolute Gasteiger partial charge is 0.326 e. The second-order valence-corrected chi connectivity index (χ2v) is 3.71. The first-order chi connectivity index (χ1) is 6.56. The highest BCUT2D eigenvalue weighted by molar-refractivity contribution is 6.04. The summed E-state index contributed by atoms with van der Waals surface area (Å²) in [6.45, 7) is 3.79. The SMILES string of the molecule is CC(C)CC1NC(=O)N(CC#N)C1=O. The summed E-state index contributed by atoms with van der Waals surface area (Å²) in [6, 6.07) is 0.884. The van der Waals surface area contributed by atoms with Crippen LogP contribution >= 0.6 is 0 Å². The maximum absolute atomic E-state index is 11.5. The van der Waals surface area contributed by atoms with Crippen molar-refractivity contribution in [1.82, 2.24) is 10.2 Å². The van der Waals surface area contributed by atoms with Crippen molar-refractivity contribution >= 4 is 11.9 Å². The Bertz CT molecular complexity index is 293. The van der Waals surface area contributed by atoms with E-state index in [1.165, 1.54) is 0 Å². The standard InChI is InChI=1S/C9H13N3O2/c1-6(2)5-7-8(13)12(4-3-10)9(14)11-7/h6-7H,4-5H2,1-2H3,(H,11,14). The van der Waals surface area contributed by atoms with E-state index in [2.05, 4.69) is 5.32 Å². The number of imide groups is 1. The molecule has 0 saturated carbocycles. The average molecular weight is 195 g/mol. The van der Waals surface area contributed by atoms with Crippen molar-refractivity contribution in [2.45, 2.75) is 26.3 Å². The minimum absolute atomic E-state index is 0.167. The van der Waals surface area contributed by atoms with Gasteiger partial charge in [0.1, 0.15) is 12.6 Å². The third-order valence-electron chi connectivity index (χ3n) is 2.04. The number of carbonyl (C=O) groups is 2. The molecule has 0 bridgehead atoms. The molecule has 0 spiro atoms. The molecule has 1 unspecified atom stereocenters. The molecule has 14 heavy (non-hydrogen) atoms. The van der Waals surface area contributed by atoms with Crippen LogP contribution in [-0.4, -0.2) is 29.4 Å². The van der Waals surface area contributed by atoms with E-state index >= 15 is 0 Å². The number of carbonyl (C=O) groups excluding carboxylic acids is 2. The van der Waals surface area contributed by atoms with Gasteiger partial charge in [0.2, 0.25) is 0 Å². The zero-order chi connectivity index (χ0) is 10.7. The predicted molar refractivity (Wildman–Crippen MR) is 49.1 cm³/mol. The fourth-order valence-corrected chi connectivity index (χ4v) is 1.43. The van der Waals surface area contributed by atoms with Crippen molar-refractivity contribution in [3.05, 3.63) is 0 Å². The van der Waals surface area contributed by atoms with Crippen LogP contribution in [0.4, 0.5) is 4.79 Å². The van der Waals surface area contributed by atoms with Crippen LogP contribution in [0.2, 0.25) is 0 Å². The van der Waals surface area contributed by atoms with Gasteiger partial charge in [-0.3, -0.25) is 4.79 Å². The molecule has 1 rings (SSSR count). The first-order valence-corrected chi connectivity index (χ1v) is 4.55. The van der Waals surface area contributed by atoms with E-state index in [0.717, 1.165) is 4.90 Å². The van der Waals surface area contributed by atoms with Crippen molar-refractivity contribution < 1.29 is 9.59 Å². The fourth-order valence-electron chi connectivity index (χ4n) is 1.43. The Balaban J connectivity index is 2.65. The highest BCUT2D eigenvalue weighted by Crippen LogP contribution is 2.13. The number of amides is 3. The number of urea groups is 1. The van der Waals surface area contributed by atoms with Gasteiger partial charge >= 0.3 is 6.03 Å². The van der Waals surface area contributed by atoms with Crippen LogP contribution in [-0.2, 0) is 4.79 Å². The number of hydrogen-bond acceptors (Lipinski definition) is 3. The quantitative estimate of drug-likeness (QED) is 0.525. The average Bonchev–Trinajstić information content (AvgIpc) is 2.32. The molecule has 0 radical (unpaired) electrons. The Morgan fingerprint density at radius 2 is 2.21 bits per heavy atom. The van der Waals surface area contributed by atoms with Gasteiger partial charge in [-0.2, -0.15) is 5.26 Å². The first kappa shape index (κ1) is 10.5. The smallest absolute Gasteiger partial charge is 0.325 e. The molecule has 1 atom stereocenters. The van der Waals surface area contributed by atoms with Crippen LogP contribution < -0.4 is 5.32 Å². The lowest BCUT2D eigenvalue weighted by molar-refractivity contribution is -0.127. The van der Waals surface area contributed by atoms with Crippen molar-refractivity contribution in [1.29, 1.82) is 5.26 Å². The molecule has 1 aliphatic heterocycles. The summed E-state index contributed by atoms with van der Waals surface area (Å²) < 4.78 is 0. The second-order valence-electron chi connectivity index (χ2n) is 3.71. The molecule has 5 heteroatoms. The lowest BCUT2D eigenvalue weighted by atomic mass is 10.0. The number of nitrogens with zero attached hydrogens (tertiary/aromatic N) is 2. The second kappa shape index (κ2) is 4.09. The minimum atomic E-state index is -0.456. The molecule has 76 valence electrons. The van der Waals surface area contributed by atoms with Gasteiger partial charge in [0.05, 0.1) is 6.07 Å². The van der Waals surface area contributed by atoms with E-state index in [9.17, 15) is 9.59 Å². The molecule has 0 aromatic heterocycles. The molecule has 3 amide bonds. The lowest BCUT2D eigenvalue weighted by Gasteiger charge is -2.10. The van der Waals surface area contributed by atoms with E-state index in [1.807, 2.05) is 13.8 Å². The van der Waals surface area contributed by atoms with Crippen LogP contribution in [0.25, 0.3) is 0 Å². The molecular weight excluding hydrogens is 182 g/mol. The summed E-state index contributed by atoms with van der Waals surface area (Å²) >= 11 is 0. The summed E-state index contributed by atoms with van der Waals surface area (Å²) in [5.74, 6) is 0.0523. The van der Waals surface area contributed by atoms with E-state index in [-0.39, 0.29) is 12.5 Å². The van der Waals surface area contributed by atoms with Gasteiger partial charge < -0.3 is 5.32 Å². The van der Waals surface area contributed by atoms with Gasteiger partial charge in [0, 0.05) is 0 Å². The Labute approximate surface area is 82.7 Å². The summed E-state index contributed by atoms with van der Waals surface area (Å²) in [4.78, 5) is 23.7. The molecule has 1 N–H and O–H groups in total. The van der Waals surface area contributed by atoms with Gasteiger partial charge in [-0.25, -0.2) is 9.69 Å². The third kappa shape index (κ3) is 2.02. The maximum Gasteiger partial charge on any atom is 0.325 e. The molecule has 1 saturated heterocycles. The summed E-state index contributed by atoms with van der Waals surface area (Å²) in [6.07, 6.45) is 0.618. The molecular formula is C9H13N3O2. The number of nitrogens with one attached hydrogen (secondary N) is 1. The molecule has 0 aliphatic carbocycles. The Hall–Kier alpha value is -1.57. The molecule has 5 nitrogen and oxygen atoms in total. The van der Waals surface area contributed by atoms with Gasteiger partial charge in [0.15, 0.2) is 0 Å². The number of hydrogen-bond donors (Lipinski definition) is 1. The molecule has 0 aromatic carbocycles. The Morgan fingerprint density at radius 1 is 1.57 bits per heavy atom. The van der Waals surface area contributed by atoms with E-state index < -0.39 is 12.1 Å². The van der Waals surface area contributed by atoms with Crippen molar-refractivity contribution in [3.8, 4) is 6.07 Å². The van der Waals surface area contributed by atoms with Crippen molar-refractivity contribution in [2.75, 3.05) is 6.54 Å². The third-order valence-corrected chi connectivity index (χ3v) is 2.04. The van der Waals surface area contributed by atoms with Crippen LogP contribution in [0.5, 0.6) is 0 Å². The van der Waals surface area contributed by atoms with Gasteiger partial charge in [0.25, 0.3) is 5.91 Å². The zero-order valence-corrected chi connectivity index (χ0v) is 8.28. The fraction of sp³-hybridized carbons (Fsp3) is 0.667. The van der Waals surface area contributed by atoms with Crippen LogP contribution in [0, 0.1) is 17.2 Å². The number of rotatable bonds is 3. The highest BCUT2D eigenvalue weighted by Gasteiger charge is 2.37. The van der Waals surface area contributed by atoms with Crippen molar-refractivity contribution in [2.24, 2.45) is 5.92 Å². The summed E-state index contributed by atoms with van der Waals surface area (Å²) in [7, 11) is 0. The van der Waals surface area contributed by atoms with Gasteiger partial charge in [-0.1, -0.05) is 13.8 Å². The summed E-state index contributed by atoms with van der Waals surface area (Å²) in [5, 5.41) is 11.0. The van der Waals surface area contributed by atoms with Gasteiger partial charge in [-0.05, 0) is 12.3 Å². The van der Waals surface area contributed by atoms with Crippen LogP contribution in [0.15, 0.2) is 0 Å². The molecule has 1 fully saturated rings. The Morgan fingerprint density at radius 3 is 2.71 bits per heavy atom. The number of nitriles is 1. The van der Waals surface area contributed by atoms with E-state index in [0.29, 0.717) is 12.3 Å². The topological polar surface area (TPSA) is 73.2 Å². The van der Waals surface area contributed by atoms with Crippen LogP contribution in [0.1, 0.15) is 20.3 Å². The van der Waals surface area contributed by atoms with E-state index in [1.54, 1.807) is 6.07 Å².